The third kappa shape index (κ3) is 2.73. The second-order valence-corrected chi connectivity index (χ2v) is 5.89. The maximum absolute atomic E-state index is 5.94. The predicted molar refractivity (Wildman–Crippen MR) is 63.0 cm³/mol. The minimum atomic E-state index is 0.500. The van der Waals surface area contributed by atoms with Crippen LogP contribution in [0.2, 0.25) is 0 Å². The highest BCUT2D eigenvalue weighted by atomic mass is 16.5. The van der Waals surface area contributed by atoms with Gasteiger partial charge in [0.1, 0.15) is 0 Å². The molecule has 2 heteroatoms. The maximum atomic E-state index is 5.94. The van der Waals surface area contributed by atoms with E-state index in [-0.39, 0.29) is 0 Å². The second-order valence-electron chi connectivity index (χ2n) is 5.89. The van der Waals surface area contributed by atoms with Gasteiger partial charge in [0, 0.05) is 6.04 Å². The molecule has 1 saturated heterocycles. The molecule has 2 rings (SSSR count). The lowest BCUT2D eigenvalue weighted by molar-refractivity contribution is 0.0259. The van der Waals surface area contributed by atoms with E-state index in [2.05, 4.69) is 26.2 Å². The highest BCUT2D eigenvalue weighted by molar-refractivity contribution is 4.91. The van der Waals surface area contributed by atoms with Gasteiger partial charge in [-0.2, -0.15) is 0 Å². The molecule has 4 atom stereocenters. The van der Waals surface area contributed by atoms with Crippen LogP contribution in [-0.2, 0) is 4.74 Å². The van der Waals surface area contributed by atoms with Crippen molar-refractivity contribution < 1.29 is 4.74 Å². The number of ether oxygens (including phenoxy) is 1. The van der Waals surface area contributed by atoms with Crippen molar-refractivity contribution in [2.45, 2.75) is 70.6 Å². The number of rotatable bonds is 3. The van der Waals surface area contributed by atoms with Gasteiger partial charge >= 0.3 is 0 Å². The number of nitrogens with one attached hydrogen (secondary N) is 1. The lowest BCUT2D eigenvalue weighted by Gasteiger charge is -2.27. The summed E-state index contributed by atoms with van der Waals surface area (Å²) in [4.78, 5) is 0. The normalized spacial score (nSPS) is 46.2. The molecule has 2 nitrogen and oxygen atoms in total. The minimum absolute atomic E-state index is 0.500. The first kappa shape index (κ1) is 11.4. The van der Waals surface area contributed by atoms with Crippen molar-refractivity contribution in [3.8, 4) is 0 Å². The van der Waals surface area contributed by atoms with Crippen LogP contribution in [0, 0.1) is 5.41 Å². The lowest BCUT2D eigenvalue weighted by atomic mass is 9.82. The van der Waals surface area contributed by atoms with E-state index in [0.29, 0.717) is 17.6 Å². The molecule has 0 spiro atoms. The summed E-state index contributed by atoms with van der Waals surface area (Å²) in [5.74, 6) is 0. The fraction of sp³-hybridized carbons (Fsp3) is 1.00. The molecule has 0 radical (unpaired) electrons. The van der Waals surface area contributed by atoms with Gasteiger partial charge in [-0.05, 0) is 57.9 Å². The Kier molecular flexibility index (Phi) is 3.36. The second kappa shape index (κ2) is 4.42. The van der Waals surface area contributed by atoms with Gasteiger partial charge in [0.05, 0.1) is 12.2 Å². The summed E-state index contributed by atoms with van der Waals surface area (Å²) in [5.41, 5.74) is 0.530. The molecule has 0 aromatic carbocycles. The summed E-state index contributed by atoms with van der Waals surface area (Å²) >= 11 is 0. The Morgan fingerprint density at radius 1 is 1.33 bits per heavy atom. The Balaban J connectivity index is 1.83. The van der Waals surface area contributed by atoms with Crippen molar-refractivity contribution in [2.24, 2.45) is 5.41 Å². The first-order chi connectivity index (χ1) is 7.11. The van der Waals surface area contributed by atoms with Gasteiger partial charge in [0.25, 0.3) is 0 Å². The zero-order chi connectivity index (χ0) is 10.9. The summed E-state index contributed by atoms with van der Waals surface area (Å²) in [6.07, 6.45) is 8.90. The van der Waals surface area contributed by atoms with Crippen LogP contribution in [0.4, 0.5) is 0 Å². The first-order valence-electron chi connectivity index (χ1n) is 6.44. The van der Waals surface area contributed by atoms with E-state index in [4.69, 9.17) is 4.74 Å². The van der Waals surface area contributed by atoms with E-state index in [1.807, 2.05) is 0 Å². The van der Waals surface area contributed by atoms with Gasteiger partial charge in [-0.3, -0.25) is 0 Å². The fourth-order valence-corrected chi connectivity index (χ4v) is 3.34. The van der Waals surface area contributed by atoms with Crippen LogP contribution in [0.25, 0.3) is 0 Å². The third-order valence-electron chi connectivity index (χ3n) is 4.28. The molecule has 2 fully saturated rings. The molecule has 1 aliphatic carbocycles. The highest BCUT2D eigenvalue weighted by Gasteiger charge is 2.37. The van der Waals surface area contributed by atoms with Gasteiger partial charge in [0.15, 0.2) is 0 Å². The quantitative estimate of drug-likeness (QED) is 0.775. The van der Waals surface area contributed by atoms with Crippen molar-refractivity contribution in [2.75, 3.05) is 7.05 Å². The Hall–Kier alpha value is -0.0800. The average Bonchev–Trinajstić information content (AvgIpc) is 2.74. The topological polar surface area (TPSA) is 21.3 Å². The van der Waals surface area contributed by atoms with Gasteiger partial charge in [-0.1, -0.05) is 6.92 Å². The van der Waals surface area contributed by atoms with Crippen molar-refractivity contribution in [3.63, 3.8) is 0 Å². The van der Waals surface area contributed by atoms with Gasteiger partial charge in [-0.15, -0.1) is 0 Å². The van der Waals surface area contributed by atoms with Crippen molar-refractivity contribution >= 4 is 0 Å². The van der Waals surface area contributed by atoms with E-state index >= 15 is 0 Å². The van der Waals surface area contributed by atoms with Gasteiger partial charge in [-0.25, -0.2) is 0 Å². The van der Waals surface area contributed by atoms with Gasteiger partial charge in [0.2, 0.25) is 0 Å². The summed E-state index contributed by atoms with van der Waals surface area (Å²) in [5, 5.41) is 3.41. The zero-order valence-corrected chi connectivity index (χ0v) is 10.4. The molecule has 4 unspecified atom stereocenters. The molecule has 1 aliphatic heterocycles. The monoisotopic (exact) mass is 211 g/mol. The standard InChI is InChI=1S/C13H25NO/c1-10-4-5-12(15-10)9-13(2)7-6-11(8-13)14-3/h10-12,14H,4-9H2,1-3H3. The summed E-state index contributed by atoms with van der Waals surface area (Å²) in [7, 11) is 2.09. The van der Waals surface area contributed by atoms with Crippen LogP contribution in [0.5, 0.6) is 0 Å². The molecular formula is C13H25NO. The average molecular weight is 211 g/mol. The van der Waals surface area contributed by atoms with E-state index < -0.39 is 0 Å². The molecular weight excluding hydrogens is 186 g/mol. The summed E-state index contributed by atoms with van der Waals surface area (Å²) in [6.45, 7) is 4.64. The minimum Gasteiger partial charge on any atom is -0.375 e. The van der Waals surface area contributed by atoms with Crippen molar-refractivity contribution in [1.82, 2.24) is 5.32 Å². The van der Waals surface area contributed by atoms with E-state index in [1.54, 1.807) is 0 Å². The van der Waals surface area contributed by atoms with E-state index in [0.717, 1.165) is 6.04 Å². The van der Waals surface area contributed by atoms with Crippen LogP contribution in [0.15, 0.2) is 0 Å². The van der Waals surface area contributed by atoms with Crippen LogP contribution >= 0.6 is 0 Å². The van der Waals surface area contributed by atoms with Crippen LogP contribution in [0.1, 0.15) is 52.4 Å². The molecule has 0 aromatic rings. The van der Waals surface area contributed by atoms with E-state index in [9.17, 15) is 0 Å². The molecule has 1 N–H and O–H groups in total. The smallest absolute Gasteiger partial charge is 0.0584 e. The lowest BCUT2D eigenvalue weighted by Crippen LogP contribution is -2.26. The molecule has 15 heavy (non-hydrogen) atoms. The molecule has 0 amide bonds. The fourth-order valence-electron chi connectivity index (χ4n) is 3.34. The third-order valence-corrected chi connectivity index (χ3v) is 4.28. The van der Waals surface area contributed by atoms with Gasteiger partial charge < -0.3 is 10.1 Å². The Morgan fingerprint density at radius 2 is 2.13 bits per heavy atom. The van der Waals surface area contributed by atoms with Crippen molar-refractivity contribution in [1.29, 1.82) is 0 Å². The molecule has 2 aliphatic rings. The Labute approximate surface area is 93.8 Å². The van der Waals surface area contributed by atoms with Crippen molar-refractivity contribution in [3.05, 3.63) is 0 Å². The SMILES string of the molecule is CNC1CCC(C)(CC2CCC(C)O2)C1. The zero-order valence-electron chi connectivity index (χ0n) is 10.4. The highest BCUT2D eigenvalue weighted by Crippen LogP contribution is 2.43. The Bertz CT molecular complexity index is 219. The molecule has 1 heterocycles. The predicted octanol–water partition coefficient (Wildman–Crippen LogP) is 2.72. The Morgan fingerprint density at radius 3 is 2.67 bits per heavy atom. The van der Waals surface area contributed by atoms with Crippen LogP contribution in [0.3, 0.4) is 0 Å². The largest absolute Gasteiger partial charge is 0.375 e. The van der Waals surface area contributed by atoms with Crippen LogP contribution < -0.4 is 5.32 Å². The number of hydrogen-bond donors (Lipinski definition) is 1. The summed E-state index contributed by atoms with van der Waals surface area (Å²) in [6, 6.07) is 0.744. The first-order valence-corrected chi connectivity index (χ1v) is 6.44. The molecule has 1 saturated carbocycles. The number of hydrogen-bond acceptors (Lipinski definition) is 2. The summed E-state index contributed by atoms with van der Waals surface area (Å²) < 4.78 is 5.94. The molecule has 0 aromatic heterocycles. The molecule has 0 bridgehead atoms. The molecule has 88 valence electrons. The maximum Gasteiger partial charge on any atom is 0.0584 e. The van der Waals surface area contributed by atoms with E-state index in [1.165, 1.54) is 38.5 Å². The van der Waals surface area contributed by atoms with Crippen LogP contribution in [-0.4, -0.2) is 25.3 Å².